The normalized spacial score (nSPS) is 12.8. The minimum atomic E-state index is -2.64. The molecule has 0 aliphatic heterocycles. The van der Waals surface area contributed by atoms with E-state index in [2.05, 4.69) is 10.6 Å². The van der Waals surface area contributed by atoms with E-state index in [9.17, 15) is 0 Å². The van der Waals surface area contributed by atoms with Crippen LogP contribution in [-0.4, -0.2) is 59.8 Å². The Morgan fingerprint density at radius 2 is 1.17 bits per heavy atom. The maximum Gasteiger partial charge on any atom is 0.501 e. The maximum atomic E-state index is 6.16. The summed E-state index contributed by atoms with van der Waals surface area (Å²) in [5.74, 6) is 0. The second-order valence-corrected chi connectivity index (χ2v) is 9.15. The molecule has 0 aliphatic carbocycles. The summed E-state index contributed by atoms with van der Waals surface area (Å²) in [7, 11) is -2.64. The minimum Gasteiger partial charge on any atom is -0.371 e. The lowest BCUT2D eigenvalue weighted by atomic mass is 10.4. The van der Waals surface area contributed by atoms with E-state index < -0.39 is 8.80 Å². The van der Waals surface area contributed by atoms with Gasteiger partial charge in [-0.3, -0.25) is 0 Å². The monoisotopic (exact) mass is 349 g/mol. The van der Waals surface area contributed by atoms with Gasteiger partial charge in [0.2, 0.25) is 0 Å². The largest absolute Gasteiger partial charge is 0.501 e. The molecular formula is C16H39N3O3Si. The van der Waals surface area contributed by atoms with E-state index in [1.54, 1.807) is 0 Å². The summed E-state index contributed by atoms with van der Waals surface area (Å²) in [5, 5.41) is 6.70. The zero-order valence-electron chi connectivity index (χ0n) is 16.0. The average Bonchev–Trinajstić information content (AvgIpc) is 2.39. The molecule has 0 fully saturated rings. The van der Waals surface area contributed by atoms with E-state index in [1.165, 1.54) is 0 Å². The van der Waals surface area contributed by atoms with Gasteiger partial charge >= 0.3 is 8.80 Å². The Morgan fingerprint density at radius 3 is 1.57 bits per heavy atom. The molecule has 0 amide bonds. The SMILES string of the molecule is CC(C)O[Si](CCCNCCNCCN)(OC(C)C)OC(C)C. The Balaban J connectivity index is 4.32. The fourth-order valence-electron chi connectivity index (χ4n) is 2.30. The number of nitrogens with one attached hydrogen (secondary N) is 2. The molecule has 0 aromatic heterocycles. The van der Waals surface area contributed by atoms with Crippen LogP contribution in [0.4, 0.5) is 0 Å². The van der Waals surface area contributed by atoms with Crippen LogP contribution in [0.15, 0.2) is 0 Å². The molecule has 6 nitrogen and oxygen atoms in total. The zero-order chi connectivity index (χ0) is 17.7. The molecule has 0 saturated carbocycles. The van der Waals surface area contributed by atoms with Crippen molar-refractivity contribution in [2.24, 2.45) is 5.73 Å². The van der Waals surface area contributed by atoms with Crippen LogP contribution in [0.2, 0.25) is 6.04 Å². The van der Waals surface area contributed by atoms with Gasteiger partial charge in [0, 0.05) is 50.5 Å². The third-order valence-corrected chi connectivity index (χ3v) is 6.34. The highest BCUT2D eigenvalue weighted by atomic mass is 28.4. The van der Waals surface area contributed by atoms with Crippen molar-refractivity contribution in [3.63, 3.8) is 0 Å². The molecule has 0 spiro atoms. The van der Waals surface area contributed by atoms with Crippen molar-refractivity contribution in [2.45, 2.75) is 72.3 Å². The van der Waals surface area contributed by atoms with Crippen LogP contribution < -0.4 is 16.4 Å². The molecule has 0 bridgehead atoms. The molecule has 0 heterocycles. The Hall–Kier alpha value is -0.0231. The lowest BCUT2D eigenvalue weighted by Gasteiger charge is -2.34. The number of hydrogen-bond donors (Lipinski definition) is 3. The van der Waals surface area contributed by atoms with E-state index in [0.29, 0.717) is 6.54 Å². The average molecular weight is 350 g/mol. The van der Waals surface area contributed by atoms with Gasteiger partial charge in [0.15, 0.2) is 0 Å². The molecule has 0 aromatic carbocycles. The molecular weight excluding hydrogens is 310 g/mol. The first-order valence-corrected chi connectivity index (χ1v) is 10.9. The third-order valence-electron chi connectivity index (χ3n) is 2.88. The maximum absolute atomic E-state index is 6.16. The summed E-state index contributed by atoms with van der Waals surface area (Å²) in [6.07, 6.45) is 1.29. The summed E-state index contributed by atoms with van der Waals surface area (Å²) >= 11 is 0. The highest BCUT2D eigenvalue weighted by Gasteiger charge is 2.43. The smallest absolute Gasteiger partial charge is 0.371 e. The molecule has 0 atom stereocenters. The van der Waals surface area contributed by atoms with Crippen molar-refractivity contribution in [1.82, 2.24) is 10.6 Å². The number of hydrogen-bond acceptors (Lipinski definition) is 6. The van der Waals surface area contributed by atoms with Gasteiger partial charge in [0.25, 0.3) is 0 Å². The van der Waals surface area contributed by atoms with Crippen LogP contribution >= 0.6 is 0 Å². The fourth-order valence-corrected chi connectivity index (χ4v) is 5.58. The number of nitrogens with two attached hydrogens (primary N) is 1. The van der Waals surface area contributed by atoms with Crippen molar-refractivity contribution in [1.29, 1.82) is 0 Å². The summed E-state index contributed by atoms with van der Waals surface area (Å²) in [6.45, 7) is 16.6. The van der Waals surface area contributed by atoms with Crippen LogP contribution in [-0.2, 0) is 13.3 Å². The molecule has 0 radical (unpaired) electrons. The molecule has 4 N–H and O–H groups in total. The Bertz CT molecular complexity index is 253. The van der Waals surface area contributed by atoms with E-state index in [4.69, 9.17) is 19.0 Å². The van der Waals surface area contributed by atoms with Crippen LogP contribution in [0.5, 0.6) is 0 Å². The van der Waals surface area contributed by atoms with Gasteiger partial charge in [-0.2, -0.15) is 0 Å². The highest BCUT2D eigenvalue weighted by Crippen LogP contribution is 2.23. The fraction of sp³-hybridized carbons (Fsp3) is 1.00. The second kappa shape index (κ2) is 13.3. The molecule has 0 aliphatic rings. The Kier molecular flexibility index (Phi) is 13.3. The molecule has 23 heavy (non-hydrogen) atoms. The predicted octanol–water partition coefficient (Wildman–Crippen LogP) is 1.73. The minimum absolute atomic E-state index is 0.104. The molecule has 7 heteroatoms. The molecule has 0 rings (SSSR count). The van der Waals surface area contributed by atoms with Gasteiger partial charge in [0.1, 0.15) is 0 Å². The van der Waals surface area contributed by atoms with Crippen molar-refractivity contribution >= 4 is 8.80 Å². The van der Waals surface area contributed by atoms with Crippen molar-refractivity contribution in [3.8, 4) is 0 Å². The summed E-state index contributed by atoms with van der Waals surface area (Å²) in [6, 6.07) is 0.838. The van der Waals surface area contributed by atoms with Gasteiger partial charge in [-0.25, -0.2) is 0 Å². The van der Waals surface area contributed by atoms with Crippen molar-refractivity contribution < 1.29 is 13.3 Å². The van der Waals surface area contributed by atoms with Gasteiger partial charge < -0.3 is 29.6 Å². The molecule has 0 unspecified atom stereocenters. The van der Waals surface area contributed by atoms with Crippen molar-refractivity contribution in [3.05, 3.63) is 0 Å². The first-order chi connectivity index (χ1) is 10.8. The van der Waals surface area contributed by atoms with Gasteiger partial charge in [0.05, 0.1) is 0 Å². The van der Waals surface area contributed by atoms with E-state index >= 15 is 0 Å². The van der Waals surface area contributed by atoms with E-state index in [0.717, 1.165) is 38.6 Å². The standard InChI is InChI=1S/C16H39N3O3Si/c1-14(2)20-23(21-15(3)4,22-16(5)6)13-7-9-18-11-12-19-10-8-17/h14-16,18-19H,7-13,17H2,1-6H3. The van der Waals surface area contributed by atoms with Crippen molar-refractivity contribution in [2.75, 3.05) is 32.7 Å². The van der Waals surface area contributed by atoms with Crippen LogP contribution in [0, 0.1) is 0 Å². The van der Waals surface area contributed by atoms with Crippen LogP contribution in [0.25, 0.3) is 0 Å². The number of rotatable bonds is 15. The summed E-state index contributed by atoms with van der Waals surface area (Å²) in [4.78, 5) is 0. The van der Waals surface area contributed by atoms with Crippen LogP contribution in [0.1, 0.15) is 48.0 Å². The lowest BCUT2D eigenvalue weighted by Crippen LogP contribution is -2.51. The summed E-state index contributed by atoms with van der Waals surface area (Å²) in [5.41, 5.74) is 5.44. The molecule has 0 aromatic rings. The highest BCUT2D eigenvalue weighted by molar-refractivity contribution is 6.60. The second-order valence-electron chi connectivity index (χ2n) is 6.58. The van der Waals surface area contributed by atoms with Gasteiger partial charge in [-0.1, -0.05) is 0 Å². The third kappa shape index (κ3) is 13.0. The summed E-state index contributed by atoms with van der Waals surface area (Å²) < 4.78 is 18.5. The van der Waals surface area contributed by atoms with E-state index in [1.807, 2.05) is 41.5 Å². The molecule has 0 saturated heterocycles. The lowest BCUT2D eigenvalue weighted by molar-refractivity contribution is 0.00292. The first-order valence-electron chi connectivity index (χ1n) is 8.96. The quantitative estimate of drug-likeness (QED) is 0.309. The predicted molar refractivity (Wildman–Crippen MR) is 98.6 cm³/mol. The van der Waals surface area contributed by atoms with E-state index in [-0.39, 0.29) is 18.3 Å². The Morgan fingerprint density at radius 1 is 0.739 bits per heavy atom. The topological polar surface area (TPSA) is 77.8 Å². The van der Waals surface area contributed by atoms with Crippen LogP contribution in [0.3, 0.4) is 0 Å². The van der Waals surface area contributed by atoms with Gasteiger partial charge in [-0.15, -0.1) is 0 Å². The van der Waals surface area contributed by atoms with Gasteiger partial charge in [-0.05, 0) is 54.5 Å². The molecule has 140 valence electrons. The zero-order valence-corrected chi connectivity index (χ0v) is 17.0. The first kappa shape index (κ1) is 23.0. The Labute approximate surface area is 144 Å².